The molecule has 3 rings (SSSR count). The summed E-state index contributed by atoms with van der Waals surface area (Å²) in [6, 6.07) is 6.34. The summed E-state index contributed by atoms with van der Waals surface area (Å²) < 4.78 is 0. The number of thioether (sulfide) groups is 1. The van der Waals surface area contributed by atoms with Crippen molar-refractivity contribution in [3.63, 3.8) is 0 Å². The van der Waals surface area contributed by atoms with Crippen LogP contribution in [0.4, 0.5) is 5.69 Å². The zero-order valence-electron chi connectivity index (χ0n) is 12.8. The molecule has 1 aromatic carbocycles. The molecule has 1 aliphatic rings. The molecule has 8 heteroatoms. The molecule has 124 valence electrons. The summed E-state index contributed by atoms with van der Waals surface area (Å²) in [5.74, 6) is -0.571. The minimum absolute atomic E-state index is 0.153. The molecule has 0 unspecified atom stereocenters. The van der Waals surface area contributed by atoms with Gasteiger partial charge in [0.05, 0.1) is 5.75 Å². The van der Waals surface area contributed by atoms with Crippen molar-refractivity contribution in [2.75, 3.05) is 11.1 Å². The number of nitrogens with two attached hydrogens (primary N) is 1. The molecule has 1 aliphatic carbocycles. The molecule has 1 aromatic heterocycles. The number of nitrogens with zero attached hydrogens (tertiary/aromatic N) is 1. The highest BCUT2D eigenvalue weighted by molar-refractivity contribution is 8.00. The molecule has 2 aromatic rings. The van der Waals surface area contributed by atoms with Gasteiger partial charge in [0.25, 0.3) is 0 Å². The van der Waals surface area contributed by atoms with E-state index < -0.39 is 5.91 Å². The number of benzene rings is 1. The molecular formula is C16H16N4O3S. The Labute approximate surface area is 142 Å². The van der Waals surface area contributed by atoms with Crippen molar-refractivity contribution in [2.45, 2.75) is 24.3 Å². The Morgan fingerprint density at radius 2 is 2.00 bits per heavy atom. The fourth-order valence-corrected chi connectivity index (χ4v) is 3.49. The van der Waals surface area contributed by atoms with Gasteiger partial charge in [0.1, 0.15) is 5.03 Å². The smallest absolute Gasteiger partial charge is 0.346 e. The van der Waals surface area contributed by atoms with Crippen LogP contribution in [0.1, 0.15) is 28.0 Å². The Morgan fingerprint density at radius 1 is 1.25 bits per heavy atom. The standard InChI is InChI=1S/C16H16N4O3S/c17-14(22)9-4-6-10(7-5-9)18-13(21)8-24-15-11-2-1-3-12(11)19-16(23)20-15/h4-7H,1-3,8H2,(H2,17,22)(H,18,21)(H,19,20,23). The third-order valence-electron chi connectivity index (χ3n) is 3.73. The quantitative estimate of drug-likeness (QED) is 0.554. The maximum atomic E-state index is 12.1. The number of hydrogen-bond acceptors (Lipinski definition) is 5. The number of fused-ring (bicyclic) bond motifs is 1. The highest BCUT2D eigenvalue weighted by atomic mass is 32.2. The van der Waals surface area contributed by atoms with Crippen LogP contribution in [0.5, 0.6) is 0 Å². The molecule has 0 saturated carbocycles. The summed E-state index contributed by atoms with van der Waals surface area (Å²) in [6.07, 6.45) is 2.71. The number of amides is 2. The van der Waals surface area contributed by atoms with Gasteiger partial charge in [-0.15, -0.1) is 0 Å². The first-order chi connectivity index (χ1) is 11.5. The van der Waals surface area contributed by atoms with E-state index in [1.807, 2.05) is 0 Å². The van der Waals surface area contributed by atoms with Crippen LogP contribution in [0.25, 0.3) is 0 Å². The van der Waals surface area contributed by atoms with Crippen molar-refractivity contribution in [2.24, 2.45) is 5.73 Å². The second kappa shape index (κ2) is 6.88. The number of hydrogen-bond donors (Lipinski definition) is 3. The first kappa shape index (κ1) is 16.3. The van der Waals surface area contributed by atoms with E-state index in [1.54, 1.807) is 24.3 Å². The van der Waals surface area contributed by atoms with Gasteiger partial charge in [0.15, 0.2) is 0 Å². The van der Waals surface area contributed by atoms with E-state index in [9.17, 15) is 14.4 Å². The fourth-order valence-electron chi connectivity index (χ4n) is 2.60. The molecule has 0 aliphatic heterocycles. The lowest BCUT2D eigenvalue weighted by Gasteiger charge is -2.07. The van der Waals surface area contributed by atoms with Crippen molar-refractivity contribution in [1.29, 1.82) is 0 Å². The third kappa shape index (κ3) is 3.65. The lowest BCUT2D eigenvalue weighted by atomic mass is 10.2. The monoisotopic (exact) mass is 344 g/mol. The number of primary amides is 1. The molecule has 0 atom stereocenters. The Kier molecular flexibility index (Phi) is 4.66. The van der Waals surface area contributed by atoms with E-state index in [2.05, 4.69) is 15.3 Å². The first-order valence-electron chi connectivity index (χ1n) is 7.47. The first-order valence-corrected chi connectivity index (χ1v) is 8.46. The van der Waals surface area contributed by atoms with Gasteiger partial charge in [-0.05, 0) is 43.5 Å². The van der Waals surface area contributed by atoms with Gasteiger partial charge < -0.3 is 16.0 Å². The van der Waals surface area contributed by atoms with Crippen molar-refractivity contribution in [3.8, 4) is 0 Å². The van der Waals surface area contributed by atoms with Gasteiger partial charge in [-0.25, -0.2) is 4.79 Å². The highest BCUT2D eigenvalue weighted by Crippen LogP contribution is 2.27. The summed E-state index contributed by atoms with van der Waals surface area (Å²) in [7, 11) is 0. The maximum absolute atomic E-state index is 12.1. The molecule has 1 heterocycles. The van der Waals surface area contributed by atoms with Gasteiger partial charge in [-0.3, -0.25) is 9.59 Å². The summed E-state index contributed by atoms with van der Waals surface area (Å²) in [5.41, 5.74) is 7.72. The Balaban J connectivity index is 1.62. The molecule has 0 bridgehead atoms. The lowest BCUT2D eigenvalue weighted by Crippen LogP contribution is -2.17. The number of H-pyrrole nitrogens is 1. The number of carbonyl (C=O) groups excluding carboxylic acids is 2. The predicted molar refractivity (Wildman–Crippen MR) is 91.2 cm³/mol. The highest BCUT2D eigenvalue weighted by Gasteiger charge is 2.18. The minimum atomic E-state index is -0.516. The lowest BCUT2D eigenvalue weighted by molar-refractivity contribution is -0.113. The van der Waals surface area contributed by atoms with Gasteiger partial charge >= 0.3 is 5.69 Å². The molecule has 0 radical (unpaired) electrons. The normalized spacial score (nSPS) is 12.7. The van der Waals surface area contributed by atoms with Crippen LogP contribution >= 0.6 is 11.8 Å². The van der Waals surface area contributed by atoms with Crippen LogP contribution in [0, 0.1) is 0 Å². The average molecular weight is 344 g/mol. The van der Waals surface area contributed by atoms with Crippen LogP contribution in [0.2, 0.25) is 0 Å². The predicted octanol–water partition coefficient (Wildman–Crippen LogP) is 1.09. The third-order valence-corrected chi connectivity index (χ3v) is 4.75. The number of aromatic amines is 1. The summed E-state index contributed by atoms with van der Waals surface area (Å²) in [5, 5.41) is 3.37. The zero-order chi connectivity index (χ0) is 17.1. The summed E-state index contributed by atoms with van der Waals surface area (Å²) >= 11 is 1.26. The molecule has 2 amide bonds. The van der Waals surface area contributed by atoms with Crippen molar-refractivity contribution >= 4 is 29.3 Å². The number of aromatic nitrogens is 2. The maximum Gasteiger partial charge on any atom is 0.346 e. The van der Waals surface area contributed by atoms with Crippen molar-refractivity contribution in [1.82, 2.24) is 9.97 Å². The van der Waals surface area contributed by atoms with E-state index in [1.165, 1.54) is 11.8 Å². The Morgan fingerprint density at radius 3 is 2.71 bits per heavy atom. The van der Waals surface area contributed by atoms with Crippen LogP contribution in [0.15, 0.2) is 34.1 Å². The summed E-state index contributed by atoms with van der Waals surface area (Å²) in [6.45, 7) is 0. The molecule has 0 fully saturated rings. The van der Waals surface area contributed by atoms with Crippen LogP contribution in [0.3, 0.4) is 0 Å². The Hall–Kier alpha value is -2.61. The minimum Gasteiger partial charge on any atom is -0.366 e. The Bertz CT molecular complexity index is 845. The van der Waals surface area contributed by atoms with Crippen LogP contribution < -0.4 is 16.7 Å². The zero-order valence-corrected chi connectivity index (χ0v) is 13.6. The van der Waals surface area contributed by atoms with Crippen LogP contribution in [-0.4, -0.2) is 27.5 Å². The fraction of sp³-hybridized carbons (Fsp3) is 0.250. The van der Waals surface area contributed by atoms with Gasteiger partial charge in [0.2, 0.25) is 11.8 Å². The van der Waals surface area contributed by atoms with Gasteiger partial charge in [-0.1, -0.05) is 11.8 Å². The molecule has 4 N–H and O–H groups in total. The SMILES string of the molecule is NC(=O)c1ccc(NC(=O)CSc2nc(=O)[nH]c3c2CCC3)cc1. The second-order valence-corrected chi connectivity index (χ2v) is 6.40. The largest absolute Gasteiger partial charge is 0.366 e. The van der Waals surface area contributed by atoms with E-state index >= 15 is 0 Å². The summed E-state index contributed by atoms with van der Waals surface area (Å²) in [4.78, 5) is 41.3. The van der Waals surface area contributed by atoms with Crippen molar-refractivity contribution in [3.05, 3.63) is 51.6 Å². The topological polar surface area (TPSA) is 118 Å². The number of carbonyl (C=O) groups is 2. The van der Waals surface area contributed by atoms with E-state index in [0.717, 1.165) is 30.5 Å². The number of rotatable bonds is 5. The average Bonchev–Trinajstić information content (AvgIpc) is 3.01. The molecular weight excluding hydrogens is 328 g/mol. The van der Waals surface area contributed by atoms with Gasteiger partial charge in [-0.2, -0.15) is 4.98 Å². The van der Waals surface area contributed by atoms with E-state index in [0.29, 0.717) is 16.3 Å². The second-order valence-electron chi connectivity index (χ2n) is 5.44. The number of anilines is 1. The van der Waals surface area contributed by atoms with E-state index in [-0.39, 0.29) is 17.3 Å². The van der Waals surface area contributed by atoms with Crippen LogP contribution in [-0.2, 0) is 17.6 Å². The van der Waals surface area contributed by atoms with Crippen molar-refractivity contribution < 1.29 is 9.59 Å². The molecule has 24 heavy (non-hydrogen) atoms. The molecule has 0 spiro atoms. The number of nitrogens with one attached hydrogen (secondary N) is 2. The van der Waals surface area contributed by atoms with Gasteiger partial charge in [0, 0.05) is 22.5 Å². The molecule has 0 saturated heterocycles. The molecule has 7 nitrogen and oxygen atoms in total. The van der Waals surface area contributed by atoms with E-state index in [4.69, 9.17) is 5.73 Å². The number of aryl methyl sites for hydroxylation is 1.